The van der Waals surface area contributed by atoms with Gasteiger partial charge in [-0.1, -0.05) is 44.2 Å². The van der Waals surface area contributed by atoms with Crippen molar-refractivity contribution < 1.29 is 13.9 Å². The van der Waals surface area contributed by atoms with Crippen LogP contribution in [0.25, 0.3) is 22.0 Å². The van der Waals surface area contributed by atoms with Gasteiger partial charge in [-0.25, -0.2) is 9.37 Å². The molecule has 0 saturated heterocycles. The van der Waals surface area contributed by atoms with Gasteiger partial charge in [-0.3, -0.25) is 0 Å². The quantitative estimate of drug-likeness (QED) is 0.583. The average molecular weight is 351 g/mol. The van der Waals surface area contributed by atoms with E-state index in [9.17, 15) is 9.18 Å². The second kappa shape index (κ2) is 7.65. The fourth-order valence-electron chi connectivity index (χ4n) is 3.05. The highest BCUT2D eigenvalue weighted by Gasteiger charge is 2.17. The van der Waals surface area contributed by atoms with Crippen LogP contribution in [0.4, 0.5) is 4.39 Å². The molecule has 0 amide bonds. The number of rotatable bonds is 6. The standard InChI is InChI=1S/C22H22FNO2/c1-14(2)18(13-25)11-17-9-10-21(24-22(17)26-3)16-8-7-15-5-4-6-20(23)19(15)12-16/h4-10,12-14,18H,11H2,1-3H3. The highest BCUT2D eigenvalue weighted by molar-refractivity contribution is 5.87. The van der Waals surface area contributed by atoms with Gasteiger partial charge in [0.25, 0.3) is 0 Å². The van der Waals surface area contributed by atoms with Crippen molar-refractivity contribution in [2.75, 3.05) is 7.11 Å². The number of hydrogen-bond donors (Lipinski definition) is 0. The first-order valence-corrected chi connectivity index (χ1v) is 8.71. The van der Waals surface area contributed by atoms with Crippen molar-refractivity contribution in [2.24, 2.45) is 11.8 Å². The molecule has 0 N–H and O–H groups in total. The van der Waals surface area contributed by atoms with Crippen molar-refractivity contribution >= 4 is 17.1 Å². The summed E-state index contributed by atoms with van der Waals surface area (Å²) in [6.07, 6.45) is 1.58. The van der Waals surface area contributed by atoms with Gasteiger partial charge in [0.1, 0.15) is 12.1 Å². The van der Waals surface area contributed by atoms with E-state index < -0.39 is 0 Å². The zero-order valence-electron chi connectivity index (χ0n) is 15.2. The van der Waals surface area contributed by atoms with Crippen molar-refractivity contribution in [1.29, 1.82) is 0 Å². The van der Waals surface area contributed by atoms with Crippen molar-refractivity contribution in [3.05, 3.63) is 59.9 Å². The van der Waals surface area contributed by atoms with Crippen LogP contribution < -0.4 is 4.74 Å². The number of aromatic nitrogens is 1. The third-order valence-corrected chi connectivity index (χ3v) is 4.74. The molecule has 2 aromatic carbocycles. The Morgan fingerprint density at radius 2 is 1.96 bits per heavy atom. The third kappa shape index (κ3) is 3.59. The van der Waals surface area contributed by atoms with Crippen LogP contribution in [0, 0.1) is 17.7 Å². The fourth-order valence-corrected chi connectivity index (χ4v) is 3.05. The molecule has 0 aliphatic heterocycles. The molecule has 1 heterocycles. The van der Waals surface area contributed by atoms with E-state index in [4.69, 9.17) is 4.74 Å². The topological polar surface area (TPSA) is 39.2 Å². The molecule has 3 nitrogen and oxygen atoms in total. The number of benzene rings is 2. The molecular weight excluding hydrogens is 329 g/mol. The van der Waals surface area contributed by atoms with Gasteiger partial charge in [0.05, 0.1) is 12.8 Å². The van der Waals surface area contributed by atoms with Crippen molar-refractivity contribution in [2.45, 2.75) is 20.3 Å². The summed E-state index contributed by atoms with van der Waals surface area (Å²) in [6.45, 7) is 4.05. The molecular formula is C22H22FNO2. The minimum absolute atomic E-state index is 0.0775. The highest BCUT2D eigenvalue weighted by atomic mass is 19.1. The fraction of sp³-hybridized carbons (Fsp3) is 0.273. The largest absolute Gasteiger partial charge is 0.481 e. The number of carbonyl (C=O) groups is 1. The van der Waals surface area contributed by atoms with E-state index in [2.05, 4.69) is 4.98 Å². The van der Waals surface area contributed by atoms with E-state index in [0.717, 1.165) is 22.8 Å². The Balaban J connectivity index is 1.99. The van der Waals surface area contributed by atoms with E-state index in [1.54, 1.807) is 19.2 Å². The van der Waals surface area contributed by atoms with Crippen LogP contribution in [0.5, 0.6) is 5.88 Å². The molecule has 0 spiro atoms. The van der Waals surface area contributed by atoms with Crippen LogP contribution in [-0.4, -0.2) is 18.4 Å². The van der Waals surface area contributed by atoms with Crippen LogP contribution in [-0.2, 0) is 11.2 Å². The second-order valence-electron chi connectivity index (χ2n) is 6.79. The smallest absolute Gasteiger partial charge is 0.216 e. The predicted molar refractivity (Wildman–Crippen MR) is 102 cm³/mol. The third-order valence-electron chi connectivity index (χ3n) is 4.74. The maximum Gasteiger partial charge on any atom is 0.216 e. The lowest BCUT2D eigenvalue weighted by Crippen LogP contribution is -2.14. The summed E-state index contributed by atoms with van der Waals surface area (Å²) in [5.41, 5.74) is 2.43. The summed E-state index contributed by atoms with van der Waals surface area (Å²) < 4.78 is 19.5. The van der Waals surface area contributed by atoms with Gasteiger partial charge in [0.2, 0.25) is 5.88 Å². The number of carbonyl (C=O) groups excluding carboxylic acids is 1. The number of hydrogen-bond acceptors (Lipinski definition) is 3. The monoisotopic (exact) mass is 351 g/mol. The van der Waals surface area contributed by atoms with Gasteiger partial charge < -0.3 is 9.53 Å². The Hall–Kier alpha value is -2.75. The summed E-state index contributed by atoms with van der Waals surface area (Å²) in [4.78, 5) is 15.9. The van der Waals surface area contributed by atoms with Crippen LogP contribution in [0.1, 0.15) is 19.4 Å². The van der Waals surface area contributed by atoms with Gasteiger partial charge >= 0.3 is 0 Å². The number of pyridine rings is 1. The number of fused-ring (bicyclic) bond motifs is 1. The maximum absolute atomic E-state index is 14.1. The summed E-state index contributed by atoms with van der Waals surface area (Å²) in [7, 11) is 1.57. The summed E-state index contributed by atoms with van der Waals surface area (Å²) in [5.74, 6) is 0.425. The number of methoxy groups -OCH3 is 1. The summed E-state index contributed by atoms with van der Waals surface area (Å²) in [5, 5.41) is 1.42. The van der Waals surface area contributed by atoms with E-state index >= 15 is 0 Å². The molecule has 0 aliphatic rings. The lowest BCUT2D eigenvalue weighted by molar-refractivity contribution is -0.112. The van der Waals surface area contributed by atoms with Crippen LogP contribution in [0.15, 0.2) is 48.5 Å². The molecule has 3 rings (SSSR count). The first kappa shape index (κ1) is 18.1. The van der Waals surface area contributed by atoms with Crippen LogP contribution >= 0.6 is 0 Å². The van der Waals surface area contributed by atoms with Gasteiger partial charge in [0, 0.05) is 22.4 Å². The zero-order valence-corrected chi connectivity index (χ0v) is 15.2. The lowest BCUT2D eigenvalue weighted by atomic mass is 9.90. The SMILES string of the molecule is COc1nc(-c2ccc3cccc(F)c3c2)ccc1CC(C=O)C(C)C. The number of aldehydes is 1. The molecule has 0 fully saturated rings. The molecule has 134 valence electrons. The molecule has 3 aromatic rings. The Bertz CT molecular complexity index is 937. The van der Waals surface area contributed by atoms with Gasteiger partial charge in [-0.05, 0) is 35.9 Å². The van der Waals surface area contributed by atoms with Crippen LogP contribution in [0.3, 0.4) is 0 Å². The Morgan fingerprint density at radius 1 is 1.15 bits per heavy atom. The zero-order chi connectivity index (χ0) is 18.7. The molecule has 0 radical (unpaired) electrons. The average Bonchev–Trinajstić information content (AvgIpc) is 2.66. The van der Waals surface area contributed by atoms with E-state index in [1.165, 1.54) is 6.07 Å². The summed E-state index contributed by atoms with van der Waals surface area (Å²) in [6, 6.07) is 14.5. The first-order chi connectivity index (χ1) is 12.5. The minimum atomic E-state index is -0.251. The summed E-state index contributed by atoms with van der Waals surface area (Å²) >= 11 is 0. The molecule has 26 heavy (non-hydrogen) atoms. The van der Waals surface area contributed by atoms with Crippen LogP contribution in [0.2, 0.25) is 0 Å². The van der Waals surface area contributed by atoms with Crippen molar-refractivity contribution in [3.63, 3.8) is 0 Å². The Kier molecular flexibility index (Phi) is 5.31. The number of nitrogens with zero attached hydrogens (tertiary/aromatic N) is 1. The highest BCUT2D eigenvalue weighted by Crippen LogP contribution is 2.29. The molecule has 0 aliphatic carbocycles. The Labute approximate surface area is 152 Å². The normalized spacial score (nSPS) is 12.3. The maximum atomic E-state index is 14.1. The lowest BCUT2D eigenvalue weighted by Gasteiger charge is -2.16. The van der Waals surface area contributed by atoms with E-state index in [0.29, 0.717) is 23.4 Å². The molecule has 4 heteroatoms. The molecule has 0 bridgehead atoms. The van der Waals surface area contributed by atoms with Crippen molar-refractivity contribution in [3.8, 4) is 17.1 Å². The van der Waals surface area contributed by atoms with E-state index in [1.807, 2.05) is 44.2 Å². The van der Waals surface area contributed by atoms with Gasteiger partial charge in [-0.15, -0.1) is 0 Å². The van der Waals surface area contributed by atoms with Crippen molar-refractivity contribution in [1.82, 2.24) is 4.98 Å². The predicted octanol–water partition coefficient (Wildman–Crippen LogP) is 5.06. The minimum Gasteiger partial charge on any atom is -0.481 e. The molecule has 0 saturated carbocycles. The number of halogens is 1. The van der Waals surface area contributed by atoms with Gasteiger partial charge in [0.15, 0.2) is 0 Å². The molecule has 1 aromatic heterocycles. The number of ether oxygens (including phenoxy) is 1. The van der Waals surface area contributed by atoms with Gasteiger partial charge in [-0.2, -0.15) is 0 Å². The first-order valence-electron chi connectivity index (χ1n) is 8.71. The van der Waals surface area contributed by atoms with E-state index in [-0.39, 0.29) is 17.7 Å². The molecule has 1 unspecified atom stereocenters. The molecule has 1 atom stereocenters. The Morgan fingerprint density at radius 3 is 2.65 bits per heavy atom. The second-order valence-corrected chi connectivity index (χ2v) is 6.79.